The number of nitrogens with two attached hydrogens (primary N) is 1. The van der Waals surface area contributed by atoms with E-state index in [2.05, 4.69) is 5.32 Å². The molecule has 0 fully saturated rings. The summed E-state index contributed by atoms with van der Waals surface area (Å²) in [5, 5.41) is 3.02. The van der Waals surface area contributed by atoms with Crippen molar-refractivity contribution in [3.8, 4) is 0 Å². The predicted octanol–water partition coefficient (Wildman–Crippen LogP) is 1.99. The molecule has 1 aromatic rings. The minimum Gasteiger partial charge on any atom is -0.388 e. The van der Waals surface area contributed by atoms with Gasteiger partial charge in [-0.05, 0) is 39.3 Å². The number of hydrogen-bond donors (Lipinski definition) is 2. The van der Waals surface area contributed by atoms with Crippen LogP contribution in [0.4, 0.5) is 0 Å². The molecule has 5 heteroatoms. The molecule has 0 radical (unpaired) electrons. The predicted molar refractivity (Wildman–Crippen MR) is 77.5 cm³/mol. The van der Waals surface area contributed by atoms with Gasteiger partial charge in [-0.1, -0.05) is 19.1 Å². The van der Waals surface area contributed by atoms with Crippen molar-refractivity contribution in [1.29, 1.82) is 0 Å². The van der Waals surface area contributed by atoms with Crippen molar-refractivity contribution >= 4 is 23.1 Å². The summed E-state index contributed by atoms with van der Waals surface area (Å²) in [5.74, 6) is -0.0319. The SMILES string of the molecule is CCC(C)(C)NC(=O)C(C)n1cccc1C(N)=S. The summed E-state index contributed by atoms with van der Waals surface area (Å²) in [5.41, 5.74) is 6.13. The molecule has 1 heterocycles. The average Bonchev–Trinajstić information content (AvgIpc) is 2.76. The van der Waals surface area contributed by atoms with Gasteiger partial charge in [0.25, 0.3) is 0 Å². The second-order valence-electron chi connectivity index (χ2n) is 5.07. The van der Waals surface area contributed by atoms with E-state index in [0.29, 0.717) is 10.7 Å². The topological polar surface area (TPSA) is 60.0 Å². The number of amides is 1. The standard InChI is InChI=1S/C13H21N3OS/c1-5-13(3,4)15-12(17)9(2)16-8-6-7-10(16)11(14)18/h6-9H,5H2,1-4H3,(H2,14,18)(H,15,17). The van der Waals surface area contributed by atoms with Crippen molar-refractivity contribution in [3.05, 3.63) is 24.0 Å². The Balaban J connectivity index is 2.87. The van der Waals surface area contributed by atoms with Crippen LogP contribution in [0.5, 0.6) is 0 Å². The van der Waals surface area contributed by atoms with E-state index in [-0.39, 0.29) is 17.5 Å². The zero-order valence-electron chi connectivity index (χ0n) is 11.4. The van der Waals surface area contributed by atoms with E-state index < -0.39 is 0 Å². The van der Waals surface area contributed by atoms with E-state index in [9.17, 15) is 4.79 Å². The summed E-state index contributed by atoms with van der Waals surface area (Å²) in [7, 11) is 0. The Morgan fingerprint density at radius 2 is 2.22 bits per heavy atom. The van der Waals surface area contributed by atoms with Crippen LogP contribution in [0.25, 0.3) is 0 Å². The van der Waals surface area contributed by atoms with Gasteiger partial charge in [-0.25, -0.2) is 0 Å². The molecule has 18 heavy (non-hydrogen) atoms. The van der Waals surface area contributed by atoms with Gasteiger partial charge in [-0.3, -0.25) is 4.79 Å². The van der Waals surface area contributed by atoms with Crippen LogP contribution in [0.15, 0.2) is 18.3 Å². The van der Waals surface area contributed by atoms with Gasteiger partial charge in [0.15, 0.2) is 0 Å². The molecule has 0 spiro atoms. The van der Waals surface area contributed by atoms with Crippen molar-refractivity contribution in [2.24, 2.45) is 5.73 Å². The Kier molecular flexibility index (Phi) is 4.51. The fourth-order valence-corrected chi connectivity index (χ4v) is 1.77. The van der Waals surface area contributed by atoms with Crippen LogP contribution in [0.1, 0.15) is 45.9 Å². The first-order chi connectivity index (χ1) is 8.28. The second-order valence-corrected chi connectivity index (χ2v) is 5.51. The lowest BCUT2D eigenvalue weighted by atomic mass is 10.0. The lowest BCUT2D eigenvalue weighted by Crippen LogP contribution is -2.45. The van der Waals surface area contributed by atoms with Gasteiger partial charge in [-0.2, -0.15) is 0 Å². The van der Waals surface area contributed by atoms with E-state index in [1.807, 2.05) is 46.0 Å². The molecule has 0 saturated carbocycles. The van der Waals surface area contributed by atoms with Crippen molar-refractivity contribution in [3.63, 3.8) is 0 Å². The van der Waals surface area contributed by atoms with Crippen molar-refractivity contribution in [2.75, 3.05) is 0 Å². The summed E-state index contributed by atoms with van der Waals surface area (Å²) in [6.45, 7) is 7.88. The Morgan fingerprint density at radius 1 is 1.61 bits per heavy atom. The molecule has 1 amide bonds. The third kappa shape index (κ3) is 3.32. The fraction of sp³-hybridized carbons (Fsp3) is 0.538. The first-order valence-electron chi connectivity index (χ1n) is 6.07. The molecule has 0 aliphatic heterocycles. The van der Waals surface area contributed by atoms with E-state index in [0.717, 1.165) is 6.42 Å². The van der Waals surface area contributed by atoms with Gasteiger partial charge in [-0.15, -0.1) is 0 Å². The van der Waals surface area contributed by atoms with Crippen LogP contribution in [-0.2, 0) is 4.79 Å². The van der Waals surface area contributed by atoms with Crippen LogP contribution in [0.3, 0.4) is 0 Å². The Morgan fingerprint density at radius 3 is 2.72 bits per heavy atom. The monoisotopic (exact) mass is 267 g/mol. The number of nitrogens with one attached hydrogen (secondary N) is 1. The minimum absolute atomic E-state index is 0.0319. The summed E-state index contributed by atoms with van der Waals surface area (Å²) < 4.78 is 1.80. The molecule has 4 nitrogen and oxygen atoms in total. The maximum atomic E-state index is 12.2. The number of thiocarbonyl (C=S) groups is 1. The highest BCUT2D eigenvalue weighted by molar-refractivity contribution is 7.80. The third-order valence-electron chi connectivity index (χ3n) is 3.17. The average molecular weight is 267 g/mol. The van der Waals surface area contributed by atoms with Gasteiger partial charge in [0, 0.05) is 11.7 Å². The molecule has 1 atom stereocenters. The van der Waals surface area contributed by atoms with E-state index in [1.54, 1.807) is 4.57 Å². The zero-order valence-corrected chi connectivity index (χ0v) is 12.2. The molecule has 1 rings (SSSR count). The zero-order chi connectivity index (χ0) is 13.9. The first-order valence-corrected chi connectivity index (χ1v) is 6.48. The fourth-order valence-electron chi connectivity index (χ4n) is 1.59. The highest BCUT2D eigenvalue weighted by atomic mass is 32.1. The van der Waals surface area contributed by atoms with E-state index in [1.165, 1.54) is 0 Å². The summed E-state index contributed by atoms with van der Waals surface area (Å²) in [4.78, 5) is 12.5. The molecular weight excluding hydrogens is 246 g/mol. The normalized spacial score (nSPS) is 13.1. The minimum atomic E-state index is -0.331. The van der Waals surface area contributed by atoms with Gasteiger partial charge >= 0.3 is 0 Å². The Labute approximate surface area is 114 Å². The van der Waals surface area contributed by atoms with E-state index >= 15 is 0 Å². The highest BCUT2D eigenvalue weighted by Crippen LogP contribution is 2.15. The van der Waals surface area contributed by atoms with E-state index in [4.69, 9.17) is 18.0 Å². The molecule has 3 N–H and O–H groups in total. The second kappa shape index (κ2) is 5.52. The van der Waals surface area contributed by atoms with Crippen LogP contribution in [0, 0.1) is 0 Å². The Hall–Kier alpha value is -1.36. The molecule has 1 unspecified atom stereocenters. The number of carbonyl (C=O) groups is 1. The Bertz CT molecular complexity index is 451. The number of nitrogens with zero attached hydrogens (tertiary/aromatic N) is 1. The number of aromatic nitrogens is 1. The van der Waals surface area contributed by atoms with Crippen molar-refractivity contribution in [2.45, 2.75) is 45.7 Å². The van der Waals surface area contributed by atoms with Crippen LogP contribution in [-0.4, -0.2) is 21.0 Å². The largest absolute Gasteiger partial charge is 0.388 e. The lowest BCUT2D eigenvalue weighted by Gasteiger charge is -2.27. The molecule has 0 aliphatic carbocycles. The van der Waals surface area contributed by atoms with Crippen LogP contribution in [0.2, 0.25) is 0 Å². The molecule has 0 saturated heterocycles. The smallest absolute Gasteiger partial charge is 0.243 e. The molecular formula is C13H21N3OS. The van der Waals surface area contributed by atoms with Gasteiger partial charge < -0.3 is 15.6 Å². The molecule has 0 bridgehead atoms. The van der Waals surface area contributed by atoms with Gasteiger partial charge in [0.1, 0.15) is 11.0 Å². The highest BCUT2D eigenvalue weighted by Gasteiger charge is 2.23. The summed E-state index contributed by atoms with van der Waals surface area (Å²) in [6, 6.07) is 3.32. The summed E-state index contributed by atoms with van der Waals surface area (Å²) in [6.07, 6.45) is 2.69. The first kappa shape index (κ1) is 14.7. The maximum Gasteiger partial charge on any atom is 0.243 e. The van der Waals surface area contributed by atoms with Crippen molar-refractivity contribution in [1.82, 2.24) is 9.88 Å². The van der Waals surface area contributed by atoms with Crippen LogP contribution >= 0.6 is 12.2 Å². The van der Waals surface area contributed by atoms with Crippen molar-refractivity contribution < 1.29 is 4.79 Å². The molecule has 100 valence electrons. The molecule has 1 aromatic heterocycles. The third-order valence-corrected chi connectivity index (χ3v) is 3.38. The lowest BCUT2D eigenvalue weighted by molar-refractivity contribution is -0.125. The maximum absolute atomic E-state index is 12.2. The molecule has 0 aromatic carbocycles. The van der Waals surface area contributed by atoms with Gasteiger partial charge in [0.2, 0.25) is 5.91 Å². The molecule has 0 aliphatic rings. The number of rotatable bonds is 5. The number of hydrogen-bond acceptors (Lipinski definition) is 2. The van der Waals surface area contributed by atoms with Gasteiger partial charge in [0.05, 0.1) is 5.69 Å². The van der Waals surface area contributed by atoms with Crippen LogP contribution < -0.4 is 11.1 Å². The quantitative estimate of drug-likeness (QED) is 0.802. The summed E-state index contributed by atoms with van der Waals surface area (Å²) >= 11 is 4.97. The number of carbonyl (C=O) groups excluding carboxylic acids is 1.